The monoisotopic (exact) mass is 515 g/mol. The van der Waals surface area contributed by atoms with Gasteiger partial charge in [0, 0.05) is 37.3 Å². The van der Waals surface area contributed by atoms with Crippen molar-refractivity contribution in [1.29, 1.82) is 5.26 Å². The average molecular weight is 516 g/mol. The molecule has 1 amide bonds. The first-order valence-corrected chi connectivity index (χ1v) is 12.6. The second-order valence-electron chi connectivity index (χ2n) is 9.89. The molecule has 0 aromatic heterocycles. The van der Waals surface area contributed by atoms with Crippen molar-refractivity contribution in [2.45, 2.75) is 63.9 Å². The van der Waals surface area contributed by atoms with Gasteiger partial charge in [0.15, 0.2) is 0 Å². The molecule has 4 rings (SSSR count). The number of nitriles is 1. The molecule has 9 heteroatoms. The summed E-state index contributed by atoms with van der Waals surface area (Å²) in [6.07, 6.45) is -2.25. The molecule has 2 fully saturated rings. The maximum absolute atomic E-state index is 13.1. The molecule has 0 bridgehead atoms. The van der Waals surface area contributed by atoms with Crippen LogP contribution in [-0.4, -0.2) is 59.2 Å². The summed E-state index contributed by atoms with van der Waals surface area (Å²) < 4.78 is 44.4. The van der Waals surface area contributed by atoms with Crippen molar-refractivity contribution in [2.24, 2.45) is 0 Å². The number of piperazine rings is 1. The quantitative estimate of drug-likeness (QED) is 0.584. The Hall–Kier alpha value is -3.09. The molecule has 2 aliphatic heterocycles. The van der Waals surface area contributed by atoms with Crippen LogP contribution in [0, 0.1) is 25.2 Å². The Morgan fingerprint density at radius 2 is 1.86 bits per heavy atom. The molecule has 3 atom stereocenters. The zero-order valence-corrected chi connectivity index (χ0v) is 21.1. The van der Waals surface area contributed by atoms with Crippen LogP contribution in [0.15, 0.2) is 36.4 Å². The largest absolute Gasteiger partial charge is 0.491 e. The molecule has 0 spiro atoms. The van der Waals surface area contributed by atoms with Crippen LogP contribution in [0.1, 0.15) is 64.3 Å². The van der Waals surface area contributed by atoms with Crippen LogP contribution in [0.3, 0.4) is 0 Å². The summed E-state index contributed by atoms with van der Waals surface area (Å²) in [5.74, 6) is 0.458. The van der Waals surface area contributed by atoms with Gasteiger partial charge in [-0.2, -0.15) is 18.4 Å². The molecule has 2 aromatic rings. The zero-order chi connectivity index (χ0) is 26.7. The molecule has 2 aliphatic rings. The third-order valence-electron chi connectivity index (χ3n) is 7.59. The first-order valence-electron chi connectivity index (χ1n) is 12.6. The van der Waals surface area contributed by atoms with Crippen molar-refractivity contribution in [1.82, 2.24) is 9.80 Å². The predicted molar refractivity (Wildman–Crippen MR) is 132 cm³/mol. The molecular weight excluding hydrogens is 483 g/mol. The first kappa shape index (κ1) is 27.0. The van der Waals surface area contributed by atoms with E-state index >= 15 is 0 Å². The number of ether oxygens (including phenoxy) is 1. The van der Waals surface area contributed by atoms with Crippen molar-refractivity contribution in [3.05, 3.63) is 64.2 Å². The highest BCUT2D eigenvalue weighted by molar-refractivity contribution is 5.94. The molecule has 6 nitrogen and oxygen atoms in total. The van der Waals surface area contributed by atoms with E-state index in [9.17, 15) is 23.1 Å². The molecule has 0 radical (unpaired) electrons. The Bertz CT molecular complexity index is 1160. The molecule has 1 unspecified atom stereocenters. The minimum Gasteiger partial charge on any atom is -0.491 e. The lowest BCUT2D eigenvalue weighted by Crippen LogP contribution is -2.57. The molecular formula is C28H32F3N3O3. The van der Waals surface area contributed by atoms with E-state index in [1.807, 2.05) is 19.1 Å². The van der Waals surface area contributed by atoms with Crippen LogP contribution >= 0.6 is 0 Å². The van der Waals surface area contributed by atoms with Crippen molar-refractivity contribution in [2.75, 3.05) is 26.2 Å². The second-order valence-corrected chi connectivity index (χ2v) is 9.89. The van der Waals surface area contributed by atoms with E-state index in [4.69, 9.17) is 10.00 Å². The van der Waals surface area contributed by atoms with Gasteiger partial charge in [0.25, 0.3) is 5.91 Å². The van der Waals surface area contributed by atoms with Gasteiger partial charge < -0.3 is 14.7 Å². The molecule has 1 N–H and O–H groups in total. The normalized spacial score (nSPS) is 21.2. The summed E-state index contributed by atoms with van der Waals surface area (Å²) in [5, 5.41) is 18.5. The molecule has 2 aromatic carbocycles. The number of alkyl halides is 3. The Morgan fingerprint density at radius 1 is 1.14 bits per heavy atom. The summed E-state index contributed by atoms with van der Waals surface area (Å²) in [6.45, 7) is 5.88. The van der Waals surface area contributed by atoms with Gasteiger partial charge >= 0.3 is 6.18 Å². The van der Waals surface area contributed by atoms with Gasteiger partial charge in [-0.3, -0.25) is 9.69 Å². The number of carbonyl (C=O) groups is 1. The lowest BCUT2D eigenvalue weighted by atomic mass is 9.86. The molecule has 0 saturated carbocycles. The Kier molecular flexibility index (Phi) is 8.10. The number of rotatable bonds is 6. The summed E-state index contributed by atoms with van der Waals surface area (Å²) in [5.41, 5.74) is 2.86. The van der Waals surface area contributed by atoms with E-state index < -0.39 is 17.8 Å². The van der Waals surface area contributed by atoms with Crippen LogP contribution in [-0.2, 0) is 6.18 Å². The van der Waals surface area contributed by atoms with E-state index in [1.54, 1.807) is 4.90 Å². The predicted octanol–water partition coefficient (Wildman–Crippen LogP) is 5.03. The van der Waals surface area contributed by atoms with Crippen LogP contribution in [0.4, 0.5) is 13.2 Å². The minimum absolute atomic E-state index is 0.0208. The van der Waals surface area contributed by atoms with E-state index in [0.29, 0.717) is 25.4 Å². The van der Waals surface area contributed by atoms with E-state index in [-0.39, 0.29) is 36.6 Å². The molecule has 2 saturated heterocycles. The SMILES string of the molecule is Cc1c(OC[C@H](O)CC#N)ccc([C@H]2CCCC3CN(C(=O)c4ccc(C(F)(F)F)cc4)CCN32)c1C. The van der Waals surface area contributed by atoms with Gasteiger partial charge in [-0.25, -0.2) is 0 Å². The van der Waals surface area contributed by atoms with Crippen molar-refractivity contribution >= 4 is 5.91 Å². The molecule has 0 aliphatic carbocycles. The van der Waals surface area contributed by atoms with Gasteiger partial charge in [0.05, 0.1) is 18.1 Å². The van der Waals surface area contributed by atoms with Gasteiger partial charge in [0.1, 0.15) is 18.5 Å². The highest BCUT2D eigenvalue weighted by Gasteiger charge is 2.38. The number of nitrogens with zero attached hydrogens (tertiary/aromatic N) is 3. The number of hydrogen-bond donors (Lipinski definition) is 1. The molecule has 198 valence electrons. The van der Waals surface area contributed by atoms with Gasteiger partial charge in [-0.15, -0.1) is 0 Å². The number of fused-ring (bicyclic) bond motifs is 1. The van der Waals surface area contributed by atoms with E-state index in [2.05, 4.69) is 17.9 Å². The average Bonchev–Trinajstić information content (AvgIpc) is 2.88. The fourth-order valence-electron chi connectivity index (χ4n) is 5.44. The Labute approximate surface area is 215 Å². The summed E-state index contributed by atoms with van der Waals surface area (Å²) in [7, 11) is 0. The lowest BCUT2D eigenvalue weighted by molar-refractivity contribution is -0.137. The number of aliphatic hydroxyl groups is 1. The number of benzene rings is 2. The third kappa shape index (κ3) is 5.91. The highest BCUT2D eigenvalue weighted by Crippen LogP contribution is 2.40. The van der Waals surface area contributed by atoms with Crippen LogP contribution < -0.4 is 4.74 Å². The van der Waals surface area contributed by atoms with E-state index in [0.717, 1.165) is 42.5 Å². The number of aliphatic hydroxyl groups excluding tert-OH is 1. The van der Waals surface area contributed by atoms with Gasteiger partial charge in [0.2, 0.25) is 0 Å². The number of piperidine rings is 1. The first-order chi connectivity index (χ1) is 17.6. The topological polar surface area (TPSA) is 76.8 Å². The summed E-state index contributed by atoms with van der Waals surface area (Å²) >= 11 is 0. The fraction of sp³-hybridized carbons (Fsp3) is 0.500. The maximum Gasteiger partial charge on any atom is 0.416 e. The third-order valence-corrected chi connectivity index (χ3v) is 7.59. The number of halogens is 3. The standard InChI is InChI=1S/C28H32F3N3O3/c1-18-19(2)26(37-17-23(35)12-13-32)11-10-24(18)25-5-3-4-22-16-33(14-15-34(22)25)27(36)20-6-8-21(9-7-20)28(29,30)31/h6-11,22-23,25,35H,3-5,12,14-17H2,1-2H3/t22?,23-,25-/m1/s1. The van der Waals surface area contributed by atoms with Crippen molar-refractivity contribution < 1.29 is 27.8 Å². The smallest absolute Gasteiger partial charge is 0.416 e. The highest BCUT2D eigenvalue weighted by atomic mass is 19.4. The lowest BCUT2D eigenvalue weighted by Gasteiger charge is -2.49. The fourth-order valence-corrected chi connectivity index (χ4v) is 5.44. The Morgan fingerprint density at radius 3 is 2.54 bits per heavy atom. The minimum atomic E-state index is -4.43. The van der Waals surface area contributed by atoms with Gasteiger partial charge in [-0.05, 0) is 80.1 Å². The van der Waals surface area contributed by atoms with E-state index in [1.165, 1.54) is 17.7 Å². The van der Waals surface area contributed by atoms with Crippen LogP contribution in [0.2, 0.25) is 0 Å². The summed E-state index contributed by atoms with van der Waals surface area (Å²) in [6, 6.07) is 10.8. The maximum atomic E-state index is 13.1. The second kappa shape index (κ2) is 11.1. The van der Waals surface area contributed by atoms with Crippen LogP contribution in [0.25, 0.3) is 0 Å². The molecule has 2 heterocycles. The van der Waals surface area contributed by atoms with Crippen LogP contribution in [0.5, 0.6) is 5.75 Å². The number of carbonyl (C=O) groups excluding carboxylic acids is 1. The zero-order valence-electron chi connectivity index (χ0n) is 21.1. The Balaban J connectivity index is 1.44. The summed E-state index contributed by atoms with van der Waals surface area (Å²) in [4.78, 5) is 17.3. The van der Waals surface area contributed by atoms with Crippen molar-refractivity contribution in [3.63, 3.8) is 0 Å². The number of amides is 1. The number of hydrogen-bond acceptors (Lipinski definition) is 5. The van der Waals surface area contributed by atoms with Crippen molar-refractivity contribution in [3.8, 4) is 11.8 Å². The van der Waals surface area contributed by atoms with Gasteiger partial charge in [-0.1, -0.05) is 6.07 Å². The molecule has 37 heavy (non-hydrogen) atoms.